The van der Waals surface area contributed by atoms with Gasteiger partial charge < -0.3 is 19.1 Å². The van der Waals surface area contributed by atoms with Gasteiger partial charge in [-0.15, -0.1) is 0 Å². The van der Waals surface area contributed by atoms with E-state index in [1.807, 2.05) is 4.90 Å². The lowest BCUT2D eigenvalue weighted by Crippen LogP contribution is -2.51. The molecule has 6 heteroatoms. The molecule has 0 aromatic heterocycles. The van der Waals surface area contributed by atoms with Crippen LogP contribution in [0.1, 0.15) is 29.6 Å². The van der Waals surface area contributed by atoms with Crippen LogP contribution in [0.2, 0.25) is 0 Å². The van der Waals surface area contributed by atoms with Crippen molar-refractivity contribution in [1.29, 1.82) is 0 Å². The van der Waals surface area contributed by atoms with E-state index in [-0.39, 0.29) is 11.9 Å². The number of amides is 1. The van der Waals surface area contributed by atoms with Crippen LogP contribution < -0.4 is 9.47 Å². The second-order valence-corrected chi connectivity index (χ2v) is 6.66. The third-order valence-corrected chi connectivity index (χ3v) is 5.06. The zero-order valence-corrected chi connectivity index (χ0v) is 15.2. The minimum Gasteiger partial charge on any atom is -0.497 e. The van der Waals surface area contributed by atoms with Gasteiger partial charge in [-0.1, -0.05) is 0 Å². The third kappa shape index (κ3) is 4.44. The molecule has 1 aromatic carbocycles. The van der Waals surface area contributed by atoms with Gasteiger partial charge in [0.05, 0.1) is 27.4 Å². The summed E-state index contributed by atoms with van der Waals surface area (Å²) in [5.74, 6) is 1.35. The predicted molar refractivity (Wildman–Crippen MR) is 95.5 cm³/mol. The lowest BCUT2D eigenvalue weighted by Gasteiger charge is -2.39. The molecule has 0 aliphatic carbocycles. The fourth-order valence-corrected chi connectivity index (χ4v) is 3.64. The Morgan fingerprint density at radius 3 is 2.40 bits per heavy atom. The summed E-state index contributed by atoms with van der Waals surface area (Å²) in [7, 11) is 3.20. The average Bonchev–Trinajstić information content (AvgIpc) is 2.68. The summed E-state index contributed by atoms with van der Waals surface area (Å²) >= 11 is 0. The molecule has 2 aliphatic rings. The number of hydrogen-bond acceptors (Lipinski definition) is 5. The number of morpholine rings is 1. The summed E-state index contributed by atoms with van der Waals surface area (Å²) in [6, 6.07) is 5.64. The number of hydrogen-bond donors (Lipinski definition) is 0. The lowest BCUT2D eigenvalue weighted by atomic mass is 10.00. The molecule has 0 unspecified atom stereocenters. The second-order valence-electron chi connectivity index (χ2n) is 6.66. The van der Waals surface area contributed by atoms with E-state index in [2.05, 4.69) is 4.90 Å². The molecule has 138 valence electrons. The van der Waals surface area contributed by atoms with Crippen LogP contribution in [0.5, 0.6) is 11.5 Å². The molecule has 1 aromatic rings. The number of piperidine rings is 1. The summed E-state index contributed by atoms with van der Waals surface area (Å²) in [6.45, 7) is 5.21. The number of likely N-dealkylation sites (tertiary alicyclic amines) is 1. The van der Waals surface area contributed by atoms with Crippen LogP contribution >= 0.6 is 0 Å². The van der Waals surface area contributed by atoms with Crippen molar-refractivity contribution in [3.8, 4) is 11.5 Å². The van der Waals surface area contributed by atoms with Gasteiger partial charge in [0.1, 0.15) is 11.5 Å². The first-order valence-electron chi connectivity index (χ1n) is 9.05. The zero-order valence-electron chi connectivity index (χ0n) is 15.2. The van der Waals surface area contributed by atoms with Crippen LogP contribution in [0.15, 0.2) is 18.2 Å². The molecular weight excluding hydrogens is 320 g/mol. The highest BCUT2D eigenvalue weighted by atomic mass is 16.5. The Bertz CT molecular complexity index is 565. The standard InChI is InChI=1S/C19H28N2O4/c1-23-17-11-15(12-18(13-17)24-2)19(22)21-6-4-3-5-16(21)14-20-7-9-25-10-8-20/h11-13,16H,3-10,14H2,1-2H3/t16-/m0/s1. The van der Waals surface area contributed by atoms with Crippen molar-refractivity contribution >= 4 is 5.91 Å². The van der Waals surface area contributed by atoms with Crippen molar-refractivity contribution in [2.45, 2.75) is 25.3 Å². The number of ether oxygens (including phenoxy) is 3. The van der Waals surface area contributed by atoms with E-state index >= 15 is 0 Å². The van der Waals surface area contributed by atoms with Crippen LogP contribution in [-0.2, 0) is 4.74 Å². The summed E-state index contributed by atoms with van der Waals surface area (Å²) < 4.78 is 16.1. The van der Waals surface area contributed by atoms with E-state index < -0.39 is 0 Å². The SMILES string of the molecule is COc1cc(OC)cc(C(=O)N2CCCC[C@H]2CN2CCOCC2)c1. The van der Waals surface area contributed by atoms with E-state index in [0.29, 0.717) is 17.1 Å². The maximum absolute atomic E-state index is 13.2. The van der Waals surface area contributed by atoms with Gasteiger partial charge in [0, 0.05) is 43.9 Å². The highest BCUT2D eigenvalue weighted by Gasteiger charge is 2.30. The minimum absolute atomic E-state index is 0.0650. The van der Waals surface area contributed by atoms with Crippen LogP contribution in [0.25, 0.3) is 0 Å². The molecule has 0 radical (unpaired) electrons. The van der Waals surface area contributed by atoms with Crippen molar-refractivity contribution in [2.24, 2.45) is 0 Å². The molecule has 2 saturated heterocycles. The first-order valence-corrected chi connectivity index (χ1v) is 9.05. The number of benzene rings is 1. The van der Waals surface area contributed by atoms with Crippen molar-refractivity contribution in [3.63, 3.8) is 0 Å². The fourth-order valence-electron chi connectivity index (χ4n) is 3.64. The first kappa shape index (κ1) is 18.0. The molecule has 2 fully saturated rings. The van der Waals surface area contributed by atoms with Gasteiger partial charge in [0.25, 0.3) is 5.91 Å². The molecule has 3 rings (SSSR count). The summed E-state index contributed by atoms with van der Waals surface area (Å²) in [5.41, 5.74) is 0.630. The first-order chi connectivity index (χ1) is 12.2. The van der Waals surface area contributed by atoms with Crippen LogP contribution in [0.3, 0.4) is 0 Å². The zero-order chi connectivity index (χ0) is 17.6. The molecule has 2 heterocycles. The number of methoxy groups -OCH3 is 2. The van der Waals surface area contributed by atoms with E-state index in [4.69, 9.17) is 14.2 Å². The fraction of sp³-hybridized carbons (Fsp3) is 0.632. The Labute approximate surface area is 149 Å². The Hall–Kier alpha value is -1.79. The lowest BCUT2D eigenvalue weighted by molar-refractivity contribution is 0.0166. The predicted octanol–water partition coefficient (Wildman–Crippen LogP) is 2.03. The van der Waals surface area contributed by atoms with E-state index in [9.17, 15) is 4.79 Å². The number of nitrogens with zero attached hydrogens (tertiary/aromatic N) is 2. The van der Waals surface area contributed by atoms with Gasteiger partial charge in [-0.05, 0) is 31.4 Å². The Balaban J connectivity index is 1.76. The van der Waals surface area contributed by atoms with E-state index in [1.165, 1.54) is 6.42 Å². The number of rotatable bonds is 5. The normalized spacial score (nSPS) is 21.8. The monoisotopic (exact) mass is 348 g/mol. The minimum atomic E-state index is 0.0650. The quantitative estimate of drug-likeness (QED) is 0.815. The van der Waals surface area contributed by atoms with Crippen molar-refractivity contribution in [3.05, 3.63) is 23.8 Å². The Kier molecular flexibility index (Phi) is 6.15. The Morgan fingerprint density at radius 1 is 1.08 bits per heavy atom. The Morgan fingerprint density at radius 2 is 1.76 bits per heavy atom. The average molecular weight is 348 g/mol. The molecule has 2 aliphatic heterocycles. The molecule has 0 N–H and O–H groups in total. The summed E-state index contributed by atoms with van der Waals surface area (Å²) in [6.07, 6.45) is 3.30. The van der Waals surface area contributed by atoms with Gasteiger partial charge >= 0.3 is 0 Å². The largest absolute Gasteiger partial charge is 0.497 e. The molecule has 6 nitrogen and oxygen atoms in total. The van der Waals surface area contributed by atoms with Gasteiger partial charge in [-0.2, -0.15) is 0 Å². The maximum Gasteiger partial charge on any atom is 0.254 e. The molecular formula is C19H28N2O4. The molecule has 0 saturated carbocycles. The van der Waals surface area contributed by atoms with E-state index in [1.54, 1.807) is 32.4 Å². The highest BCUT2D eigenvalue weighted by Crippen LogP contribution is 2.26. The van der Waals surface area contributed by atoms with Gasteiger partial charge in [-0.3, -0.25) is 9.69 Å². The van der Waals surface area contributed by atoms with Gasteiger partial charge in [0.15, 0.2) is 0 Å². The van der Waals surface area contributed by atoms with Gasteiger partial charge in [0.2, 0.25) is 0 Å². The van der Waals surface area contributed by atoms with Crippen LogP contribution in [-0.4, -0.2) is 75.4 Å². The third-order valence-electron chi connectivity index (χ3n) is 5.06. The van der Waals surface area contributed by atoms with Crippen molar-refractivity contribution < 1.29 is 19.0 Å². The molecule has 1 atom stereocenters. The van der Waals surface area contributed by atoms with Crippen molar-refractivity contribution in [1.82, 2.24) is 9.80 Å². The second kappa shape index (κ2) is 8.54. The highest BCUT2D eigenvalue weighted by molar-refractivity contribution is 5.95. The molecule has 1 amide bonds. The maximum atomic E-state index is 13.2. The number of carbonyl (C=O) groups is 1. The van der Waals surface area contributed by atoms with Crippen LogP contribution in [0, 0.1) is 0 Å². The van der Waals surface area contributed by atoms with Gasteiger partial charge in [-0.25, -0.2) is 0 Å². The van der Waals surface area contributed by atoms with E-state index in [0.717, 1.165) is 52.2 Å². The topological polar surface area (TPSA) is 51.2 Å². The smallest absolute Gasteiger partial charge is 0.254 e. The number of carbonyl (C=O) groups excluding carboxylic acids is 1. The summed E-state index contributed by atoms with van der Waals surface area (Å²) in [4.78, 5) is 17.6. The van der Waals surface area contributed by atoms with Crippen LogP contribution in [0.4, 0.5) is 0 Å². The summed E-state index contributed by atoms with van der Waals surface area (Å²) in [5, 5.41) is 0. The molecule has 0 spiro atoms. The molecule has 25 heavy (non-hydrogen) atoms. The molecule has 0 bridgehead atoms. The van der Waals surface area contributed by atoms with Crippen molar-refractivity contribution in [2.75, 3.05) is 53.6 Å².